The standard InChI is InChI=1S/C16H22N4O/c1-8-6-9(2)18-14(17-8)20-16(21)7-11-13(15(11,4)5)12(16)10(3)19-20/h6,11-13,21H,7H2,1-5H3/t11-,12-,13-,16+/m0/s1. The van der Waals surface area contributed by atoms with Gasteiger partial charge in [0.25, 0.3) is 0 Å². The number of rotatable bonds is 1. The van der Waals surface area contributed by atoms with Crippen LogP contribution < -0.4 is 5.01 Å². The maximum atomic E-state index is 11.3. The molecule has 2 saturated carbocycles. The first kappa shape index (κ1) is 13.2. The number of aromatic nitrogens is 2. The molecule has 5 nitrogen and oxygen atoms in total. The molecule has 1 aromatic heterocycles. The molecule has 0 spiro atoms. The summed E-state index contributed by atoms with van der Waals surface area (Å²) in [6.07, 6.45) is 0.756. The van der Waals surface area contributed by atoms with Crippen LogP contribution in [0.4, 0.5) is 5.95 Å². The van der Waals surface area contributed by atoms with Crippen LogP contribution in [0.3, 0.4) is 0 Å². The molecule has 1 N–H and O–H groups in total. The molecule has 1 aromatic rings. The Morgan fingerprint density at radius 3 is 2.43 bits per heavy atom. The normalized spacial score (nSPS) is 39.0. The molecule has 4 rings (SSSR count). The Hall–Kier alpha value is -1.49. The Bertz CT molecular complexity index is 648. The summed E-state index contributed by atoms with van der Waals surface area (Å²) >= 11 is 0. The Balaban J connectivity index is 1.76. The van der Waals surface area contributed by atoms with Crippen LogP contribution in [-0.4, -0.2) is 26.5 Å². The van der Waals surface area contributed by atoms with Crippen molar-refractivity contribution in [1.82, 2.24) is 9.97 Å². The van der Waals surface area contributed by atoms with E-state index in [1.54, 1.807) is 5.01 Å². The first-order chi connectivity index (χ1) is 9.75. The highest BCUT2D eigenvalue weighted by Crippen LogP contribution is 2.73. The fourth-order valence-electron chi connectivity index (χ4n) is 4.72. The number of hydrogen-bond acceptors (Lipinski definition) is 5. The number of hydrazone groups is 1. The van der Waals surface area contributed by atoms with Gasteiger partial charge in [-0.15, -0.1) is 0 Å². The van der Waals surface area contributed by atoms with Gasteiger partial charge in [0, 0.05) is 23.5 Å². The lowest BCUT2D eigenvalue weighted by atomic mass is 9.84. The van der Waals surface area contributed by atoms with E-state index in [4.69, 9.17) is 0 Å². The zero-order valence-corrected chi connectivity index (χ0v) is 13.3. The number of aliphatic hydroxyl groups is 1. The van der Waals surface area contributed by atoms with Gasteiger partial charge in [0.05, 0.1) is 5.92 Å². The third-order valence-corrected chi connectivity index (χ3v) is 5.75. The predicted octanol–water partition coefficient (Wildman–Crippen LogP) is 2.27. The summed E-state index contributed by atoms with van der Waals surface area (Å²) in [5.41, 5.74) is 2.21. The average molecular weight is 286 g/mol. The molecule has 2 heterocycles. The van der Waals surface area contributed by atoms with E-state index in [1.807, 2.05) is 26.8 Å². The lowest BCUT2D eigenvalue weighted by Crippen LogP contribution is -2.49. The van der Waals surface area contributed by atoms with Crippen molar-refractivity contribution >= 4 is 11.7 Å². The fraction of sp³-hybridized carbons (Fsp3) is 0.688. The molecule has 21 heavy (non-hydrogen) atoms. The topological polar surface area (TPSA) is 61.6 Å². The van der Waals surface area contributed by atoms with Crippen LogP contribution in [-0.2, 0) is 0 Å². The summed E-state index contributed by atoms with van der Waals surface area (Å²) in [5.74, 6) is 1.74. The number of nitrogens with zero attached hydrogens (tertiary/aromatic N) is 4. The van der Waals surface area contributed by atoms with E-state index < -0.39 is 5.72 Å². The van der Waals surface area contributed by atoms with Gasteiger partial charge in [-0.05, 0) is 44.1 Å². The zero-order valence-electron chi connectivity index (χ0n) is 13.3. The van der Waals surface area contributed by atoms with Crippen LogP contribution in [0.2, 0.25) is 0 Å². The molecule has 0 aromatic carbocycles. The molecule has 0 radical (unpaired) electrons. The Morgan fingerprint density at radius 2 is 1.81 bits per heavy atom. The largest absolute Gasteiger partial charge is 0.368 e. The summed E-state index contributed by atoms with van der Waals surface area (Å²) < 4.78 is 0. The average Bonchev–Trinajstić information content (AvgIpc) is 2.69. The summed E-state index contributed by atoms with van der Waals surface area (Å²) in [6.45, 7) is 10.5. The van der Waals surface area contributed by atoms with Gasteiger partial charge in [0.1, 0.15) is 0 Å². The van der Waals surface area contributed by atoms with Crippen molar-refractivity contribution in [2.24, 2.45) is 28.3 Å². The molecule has 0 amide bonds. The second-order valence-corrected chi connectivity index (χ2v) is 7.52. The van der Waals surface area contributed by atoms with Crippen LogP contribution in [0.5, 0.6) is 0 Å². The molecule has 0 unspecified atom stereocenters. The highest BCUT2D eigenvalue weighted by atomic mass is 16.3. The minimum Gasteiger partial charge on any atom is -0.368 e. The number of aryl methyl sites for hydroxylation is 2. The summed E-state index contributed by atoms with van der Waals surface area (Å²) in [7, 11) is 0. The number of hydrogen-bond donors (Lipinski definition) is 1. The van der Waals surface area contributed by atoms with E-state index >= 15 is 0 Å². The Morgan fingerprint density at radius 1 is 1.19 bits per heavy atom. The molecule has 112 valence electrons. The lowest BCUT2D eigenvalue weighted by Gasteiger charge is -2.35. The number of anilines is 1. The van der Waals surface area contributed by atoms with Gasteiger partial charge in [-0.1, -0.05) is 13.8 Å². The first-order valence-corrected chi connectivity index (χ1v) is 7.65. The van der Waals surface area contributed by atoms with Crippen LogP contribution >= 0.6 is 0 Å². The fourth-order valence-corrected chi connectivity index (χ4v) is 4.72. The van der Waals surface area contributed by atoms with Crippen molar-refractivity contribution < 1.29 is 5.11 Å². The van der Waals surface area contributed by atoms with E-state index in [0.29, 0.717) is 23.2 Å². The first-order valence-electron chi connectivity index (χ1n) is 7.65. The second kappa shape index (κ2) is 3.64. The maximum Gasteiger partial charge on any atom is 0.249 e. The van der Waals surface area contributed by atoms with Gasteiger partial charge >= 0.3 is 0 Å². The SMILES string of the molecule is CC1=NN(c2nc(C)cc(C)n2)[C@@]2(O)C[C@H]3[C@@H]([C@H]12)C3(C)C. The lowest BCUT2D eigenvalue weighted by molar-refractivity contribution is 0.00554. The molecule has 0 bridgehead atoms. The molecule has 5 heteroatoms. The van der Waals surface area contributed by atoms with Crippen molar-refractivity contribution in [3.8, 4) is 0 Å². The van der Waals surface area contributed by atoms with E-state index in [9.17, 15) is 5.11 Å². The molecule has 0 saturated heterocycles. The van der Waals surface area contributed by atoms with Crippen LogP contribution in [0.1, 0.15) is 38.6 Å². The minimum atomic E-state index is -0.935. The van der Waals surface area contributed by atoms with Crippen molar-refractivity contribution in [3.63, 3.8) is 0 Å². The smallest absolute Gasteiger partial charge is 0.249 e. The van der Waals surface area contributed by atoms with Gasteiger partial charge in [-0.25, -0.2) is 9.97 Å². The van der Waals surface area contributed by atoms with Crippen molar-refractivity contribution in [2.45, 2.75) is 46.8 Å². The predicted molar refractivity (Wildman–Crippen MR) is 80.9 cm³/mol. The zero-order chi connectivity index (χ0) is 15.2. The summed E-state index contributed by atoms with van der Waals surface area (Å²) in [6, 6.07) is 1.94. The van der Waals surface area contributed by atoms with E-state index in [2.05, 4.69) is 28.9 Å². The maximum absolute atomic E-state index is 11.3. The van der Waals surface area contributed by atoms with Crippen LogP contribution in [0.25, 0.3) is 0 Å². The highest BCUT2D eigenvalue weighted by molar-refractivity contribution is 5.90. The van der Waals surface area contributed by atoms with Crippen molar-refractivity contribution in [2.75, 3.05) is 5.01 Å². The van der Waals surface area contributed by atoms with Gasteiger partial charge < -0.3 is 5.11 Å². The molecular formula is C16H22N4O. The molecule has 3 aliphatic rings. The van der Waals surface area contributed by atoms with Crippen LogP contribution in [0.15, 0.2) is 11.2 Å². The molecular weight excluding hydrogens is 264 g/mol. The van der Waals surface area contributed by atoms with Crippen molar-refractivity contribution in [3.05, 3.63) is 17.5 Å². The van der Waals surface area contributed by atoms with Gasteiger partial charge in [-0.3, -0.25) is 0 Å². The van der Waals surface area contributed by atoms with E-state index in [1.165, 1.54) is 0 Å². The monoisotopic (exact) mass is 286 g/mol. The quantitative estimate of drug-likeness (QED) is 0.860. The third-order valence-electron chi connectivity index (χ3n) is 5.75. The van der Waals surface area contributed by atoms with E-state index in [-0.39, 0.29) is 5.92 Å². The molecule has 2 aliphatic carbocycles. The third kappa shape index (κ3) is 1.53. The van der Waals surface area contributed by atoms with Gasteiger partial charge in [0.15, 0.2) is 5.72 Å². The second-order valence-electron chi connectivity index (χ2n) is 7.52. The Kier molecular flexibility index (Phi) is 2.28. The summed E-state index contributed by atoms with van der Waals surface area (Å²) in [4.78, 5) is 8.96. The highest BCUT2D eigenvalue weighted by Gasteiger charge is 2.75. The van der Waals surface area contributed by atoms with Gasteiger partial charge in [0.2, 0.25) is 5.95 Å². The summed E-state index contributed by atoms with van der Waals surface area (Å²) in [5, 5.41) is 17.6. The number of fused-ring (bicyclic) bond motifs is 3. The Labute approximate surface area is 125 Å². The molecule has 1 aliphatic heterocycles. The van der Waals surface area contributed by atoms with E-state index in [0.717, 1.165) is 23.5 Å². The van der Waals surface area contributed by atoms with Gasteiger partial charge in [-0.2, -0.15) is 10.1 Å². The minimum absolute atomic E-state index is 0.113. The molecule has 4 atom stereocenters. The van der Waals surface area contributed by atoms with Crippen molar-refractivity contribution in [1.29, 1.82) is 0 Å². The molecule has 2 fully saturated rings. The van der Waals surface area contributed by atoms with Crippen LogP contribution in [0, 0.1) is 37.0 Å².